The minimum Gasteiger partial charge on any atom is -0.491 e. The average molecular weight is 423 g/mol. The molecule has 1 amide bonds. The third-order valence-electron chi connectivity index (χ3n) is 5.17. The first-order valence-corrected chi connectivity index (χ1v) is 9.75. The number of benzene rings is 1. The second-order valence-electron chi connectivity index (χ2n) is 6.77. The van der Waals surface area contributed by atoms with Crippen LogP contribution in [0.1, 0.15) is 24.2 Å². The van der Waals surface area contributed by atoms with Crippen molar-refractivity contribution >= 4 is 17.5 Å². The van der Waals surface area contributed by atoms with Crippen molar-refractivity contribution in [3.05, 3.63) is 41.2 Å². The predicted octanol–water partition coefficient (Wildman–Crippen LogP) is 2.71. The second-order valence-corrected chi connectivity index (χ2v) is 6.77. The molecule has 162 valence electrons. The Hall–Kier alpha value is -3.04. The monoisotopic (exact) mass is 423 g/mol. The van der Waals surface area contributed by atoms with E-state index in [1.165, 1.54) is 4.90 Å². The van der Waals surface area contributed by atoms with Gasteiger partial charge in [0.25, 0.3) is 5.91 Å². The van der Waals surface area contributed by atoms with Crippen LogP contribution in [0.2, 0.25) is 0 Å². The van der Waals surface area contributed by atoms with Crippen LogP contribution in [-0.4, -0.2) is 67.4 Å². The molecule has 0 radical (unpaired) electrons. The fourth-order valence-corrected chi connectivity index (χ4v) is 3.43. The molecule has 1 aromatic carbocycles. The first kappa shape index (κ1) is 21.7. The van der Waals surface area contributed by atoms with Crippen molar-refractivity contribution in [2.24, 2.45) is 0 Å². The van der Waals surface area contributed by atoms with Gasteiger partial charge in [-0.2, -0.15) is 4.39 Å². The van der Waals surface area contributed by atoms with Crippen LogP contribution in [0.3, 0.4) is 0 Å². The number of anilines is 2. The normalized spacial score (nSPS) is 14.1. The summed E-state index contributed by atoms with van der Waals surface area (Å²) < 4.78 is 46.3. The zero-order valence-corrected chi connectivity index (χ0v) is 17.2. The van der Waals surface area contributed by atoms with Gasteiger partial charge in [-0.05, 0) is 32.0 Å². The Labute approximate surface area is 173 Å². The molecule has 3 rings (SSSR count). The fraction of sp³-hybridized carbons (Fsp3) is 0.450. The number of methoxy groups -OCH3 is 1. The van der Waals surface area contributed by atoms with E-state index in [9.17, 15) is 18.0 Å². The molecular formula is C20H24F3N5O2. The lowest BCUT2D eigenvalue weighted by molar-refractivity contribution is 0.0740. The topological polar surface area (TPSA) is 61.8 Å². The van der Waals surface area contributed by atoms with Crippen molar-refractivity contribution in [2.45, 2.75) is 13.8 Å². The Bertz CT molecular complexity index is 898. The lowest BCUT2D eigenvalue weighted by Crippen LogP contribution is -2.49. The molecule has 0 atom stereocenters. The molecule has 1 aliphatic heterocycles. The summed E-state index contributed by atoms with van der Waals surface area (Å²) in [6.45, 7) is 7.20. The van der Waals surface area contributed by atoms with Crippen LogP contribution >= 0.6 is 0 Å². The summed E-state index contributed by atoms with van der Waals surface area (Å²) >= 11 is 0. The molecule has 0 N–H and O–H groups in total. The maximum atomic E-state index is 14.4. The van der Waals surface area contributed by atoms with Gasteiger partial charge in [-0.15, -0.1) is 10.2 Å². The minimum absolute atomic E-state index is 0.277. The molecule has 0 aliphatic carbocycles. The van der Waals surface area contributed by atoms with E-state index >= 15 is 0 Å². The number of amides is 1. The summed E-state index contributed by atoms with van der Waals surface area (Å²) in [6.07, 6.45) is 0. The number of halogens is 3. The lowest BCUT2D eigenvalue weighted by atomic mass is 10.1. The molecule has 7 nitrogen and oxygen atoms in total. The van der Waals surface area contributed by atoms with E-state index in [1.54, 1.807) is 0 Å². The average Bonchev–Trinajstić information content (AvgIpc) is 2.78. The van der Waals surface area contributed by atoms with E-state index in [1.807, 2.05) is 30.9 Å². The van der Waals surface area contributed by atoms with Gasteiger partial charge in [-0.25, -0.2) is 8.78 Å². The lowest BCUT2D eigenvalue weighted by Gasteiger charge is -2.35. The van der Waals surface area contributed by atoms with Crippen molar-refractivity contribution in [1.29, 1.82) is 0 Å². The fourth-order valence-electron chi connectivity index (χ4n) is 3.43. The third-order valence-corrected chi connectivity index (χ3v) is 5.17. The van der Waals surface area contributed by atoms with Crippen LogP contribution in [0.25, 0.3) is 0 Å². The zero-order chi connectivity index (χ0) is 21.8. The van der Waals surface area contributed by atoms with Gasteiger partial charge in [-0.1, -0.05) is 0 Å². The molecule has 2 aromatic rings. The van der Waals surface area contributed by atoms with Gasteiger partial charge in [-0.3, -0.25) is 4.79 Å². The van der Waals surface area contributed by atoms with Gasteiger partial charge in [0, 0.05) is 39.3 Å². The smallest absolute Gasteiger partial charge is 0.257 e. The summed E-state index contributed by atoms with van der Waals surface area (Å²) in [4.78, 5) is 18.1. The number of hydrogen-bond acceptors (Lipinski definition) is 6. The molecular weight excluding hydrogens is 399 g/mol. The van der Waals surface area contributed by atoms with Crippen LogP contribution in [-0.2, 0) is 0 Å². The number of hydrogen-bond donors (Lipinski definition) is 0. The van der Waals surface area contributed by atoms with E-state index in [-0.39, 0.29) is 13.1 Å². The molecule has 0 saturated carbocycles. The van der Waals surface area contributed by atoms with Gasteiger partial charge in [0.1, 0.15) is 0 Å². The van der Waals surface area contributed by atoms with E-state index in [2.05, 4.69) is 19.8 Å². The van der Waals surface area contributed by atoms with E-state index in [0.717, 1.165) is 26.0 Å². The van der Waals surface area contributed by atoms with Crippen LogP contribution in [0.15, 0.2) is 18.2 Å². The van der Waals surface area contributed by atoms with Crippen molar-refractivity contribution in [3.8, 4) is 5.75 Å². The highest BCUT2D eigenvalue weighted by Gasteiger charge is 2.29. The predicted molar refractivity (Wildman–Crippen MR) is 107 cm³/mol. The Morgan fingerprint density at radius 2 is 1.73 bits per heavy atom. The van der Waals surface area contributed by atoms with Crippen molar-refractivity contribution in [3.63, 3.8) is 0 Å². The van der Waals surface area contributed by atoms with Crippen LogP contribution in [0, 0.1) is 17.5 Å². The molecule has 0 spiro atoms. The Morgan fingerprint density at radius 1 is 1.07 bits per heavy atom. The summed E-state index contributed by atoms with van der Waals surface area (Å²) in [5, 5.41) is 8.53. The summed E-state index contributed by atoms with van der Waals surface area (Å²) in [5.74, 6) is -4.14. The van der Waals surface area contributed by atoms with Gasteiger partial charge < -0.3 is 19.4 Å². The van der Waals surface area contributed by atoms with Crippen LogP contribution < -0.4 is 14.5 Å². The first-order chi connectivity index (χ1) is 14.4. The maximum Gasteiger partial charge on any atom is 0.257 e. The highest BCUT2D eigenvalue weighted by Crippen LogP contribution is 2.28. The third kappa shape index (κ3) is 4.12. The molecule has 10 heteroatoms. The van der Waals surface area contributed by atoms with Gasteiger partial charge in [0.15, 0.2) is 29.0 Å². The molecule has 30 heavy (non-hydrogen) atoms. The Balaban J connectivity index is 1.69. The SMILES string of the molecule is CCN(CC)c1ccc(N2CCN(C(=O)c3cc(F)c(F)c(OC)c3F)CC2)nn1. The largest absolute Gasteiger partial charge is 0.491 e. The highest BCUT2D eigenvalue weighted by atomic mass is 19.2. The van der Waals surface area contributed by atoms with Gasteiger partial charge in [0.2, 0.25) is 5.82 Å². The van der Waals surface area contributed by atoms with Crippen molar-refractivity contribution < 1.29 is 22.7 Å². The van der Waals surface area contributed by atoms with E-state index in [0.29, 0.717) is 25.0 Å². The molecule has 0 unspecified atom stereocenters. The Kier molecular flexibility index (Phi) is 6.63. The van der Waals surface area contributed by atoms with Crippen LogP contribution in [0.4, 0.5) is 24.8 Å². The number of ether oxygens (including phenoxy) is 1. The quantitative estimate of drug-likeness (QED) is 0.666. The van der Waals surface area contributed by atoms with Crippen molar-refractivity contribution in [1.82, 2.24) is 15.1 Å². The molecule has 1 aromatic heterocycles. The number of carbonyl (C=O) groups excluding carboxylic acids is 1. The Morgan fingerprint density at radius 3 is 2.27 bits per heavy atom. The number of nitrogens with zero attached hydrogens (tertiary/aromatic N) is 5. The minimum atomic E-state index is -1.46. The second kappa shape index (κ2) is 9.19. The van der Waals surface area contributed by atoms with Gasteiger partial charge in [0.05, 0.1) is 12.7 Å². The molecule has 1 fully saturated rings. The standard InChI is InChI=1S/C20H24F3N5O2/c1-4-26(5-2)15-6-7-16(25-24-15)27-8-10-28(11-9-27)20(29)13-12-14(21)18(23)19(30-3)17(13)22/h6-7,12H,4-5,8-11H2,1-3H3. The zero-order valence-electron chi connectivity index (χ0n) is 17.2. The first-order valence-electron chi connectivity index (χ1n) is 9.75. The van der Waals surface area contributed by atoms with Gasteiger partial charge >= 0.3 is 0 Å². The summed E-state index contributed by atoms with van der Waals surface area (Å²) in [7, 11) is 1.01. The number of rotatable bonds is 6. The molecule has 0 bridgehead atoms. The summed E-state index contributed by atoms with van der Waals surface area (Å²) in [5.41, 5.74) is -0.553. The number of carbonyl (C=O) groups is 1. The number of piperazine rings is 1. The molecule has 1 aliphatic rings. The molecule has 1 saturated heterocycles. The maximum absolute atomic E-state index is 14.4. The summed E-state index contributed by atoms with van der Waals surface area (Å²) in [6, 6.07) is 4.34. The van der Waals surface area contributed by atoms with Crippen molar-refractivity contribution in [2.75, 3.05) is 56.2 Å². The van der Waals surface area contributed by atoms with E-state index < -0.39 is 34.7 Å². The molecule has 2 heterocycles. The van der Waals surface area contributed by atoms with Crippen LogP contribution in [0.5, 0.6) is 5.75 Å². The number of aromatic nitrogens is 2. The highest BCUT2D eigenvalue weighted by molar-refractivity contribution is 5.95. The van der Waals surface area contributed by atoms with E-state index in [4.69, 9.17) is 0 Å².